The summed E-state index contributed by atoms with van der Waals surface area (Å²) >= 11 is 1.55. The van der Waals surface area contributed by atoms with Gasteiger partial charge in [0.05, 0.1) is 23.9 Å². The average molecular weight is 382 g/mol. The maximum Gasteiger partial charge on any atom is 0.186 e. The molecule has 3 aromatic heterocycles. The molecule has 0 aliphatic heterocycles. The van der Waals surface area contributed by atoms with Crippen LogP contribution in [0.5, 0.6) is 0 Å². The Labute approximate surface area is 163 Å². The highest BCUT2D eigenvalue weighted by Crippen LogP contribution is 2.50. The van der Waals surface area contributed by atoms with Crippen LogP contribution in [0.25, 0.3) is 0 Å². The molecule has 0 amide bonds. The second kappa shape index (κ2) is 7.37. The van der Waals surface area contributed by atoms with Crippen LogP contribution in [-0.2, 0) is 23.3 Å². The zero-order chi connectivity index (χ0) is 18.9. The van der Waals surface area contributed by atoms with Crippen LogP contribution >= 0.6 is 11.3 Å². The van der Waals surface area contributed by atoms with Gasteiger partial charge in [-0.25, -0.2) is 4.98 Å². The van der Waals surface area contributed by atoms with E-state index in [1.165, 1.54) is 0 Å². The molecule has 6 heteroatoms. The molecular formula is C21H23N3O2S. The monoisotopic (exact) mass is 381 g/mol. The van der Waals surface area contributed by atoms with Crippen LogP contribution in [0.1, 0.15) is 53.4 Å². The van der Waals surface area contributed by atoms with E-state index in [4.69, 9.17) is 9.72 Å². The first-order valence-corrected chi connectivity index (χ1v) is 10.1. The molecule has 4 rings (SSSR count). The molecule has 0 aromatic carbocycles. The molecule has 0 radical (unpaired) electrons. The van der Waals surface area contributed by atoms with Crippen LogP contribution in [0.15, 0.2) is 48.2 Å². The fraction of sp³-hybridized carbons (Fsp3) is 0.381. The van der Waals surface area contributed by atoms with Gasteiger partial charge in [-0.1, -0.05) is 0 Å². The van der Waals surface area contributed by atoms with Crippen LogP contribution in [0.2, 0.25) is 0 Å². The van der Waals surface area contributed by atoms with Gasteiger partial charge in [0.15, 0.2) is 5.78 Å². The van der Waals surface area contributed by atoms with Crippen molar-refractivity contribution >= 4 is 17.1 Å². The van der Waals surface area contributed by atoms with Gasteiger partial charge in [0.1, 0.15) is 10.6 Å². The van der Waals surface area contributed by atoms with Gasteiger partial charge in [0.2, 0.25) is 0 Å². The average Bonchev–Trinajstić information content (AvgIpc) is 3.06. The lowest BCUT2D eigenvalue weighted by Gasteiger charge is -2.17. The fourth-order valence-corrected chi connectivity index (χ4v) is 4.20. The summed E-state index contributed by atoms with van der Waals surface area (Å²) in [5.41, 5.74) is 2.60. The maximum absolute atomic E-state index is 12.8. The van der Waals surface area contributed by atoms with Crippen LogP contribution < -0.4 is 0 Å². The molecule has 3 heterocycles. The molecule has 1 aliphatic carbocycles. The third-order valence-corrected chi connectivity index (χ3v) is 5.56. The van der Waals surface area contributed by atoms with Gasteiger partial charge in [0.25, 0.3) is 0 Å². The van der Waals surface area contributed by atoms with E-state index in [1.54, 1.807) is 23.7 Å². The smallest absolute Gasteiger partial charge is 0.186 e. The molecule has 5 nitrogen and oxygen atoms in total. The SMILES string of the molecule is CC(C)OC1(c2csc(CC(=O)c3cccn3Cc3ccncc3)n2)CC1. The van der Waals surface area contributed by atoms with Crippen molar-refractivity contribution in [3.05, 3.63) is 70.2 Å². The molecule has 1 saturated carbocycles. The topological polar surface area (TPSA) is 57.0 Å². The predicted molar refractivity (Wildman–Crippen MR) is 105 cm³/mol. The van der Waals surface area contributed by atoms with Crippen molar-refractivity contribution in [1.29, 1.82) is 0 Å². The highest BCUT2D eigenvalue weighted by atomic mass is 32.1. The van der Waals surface area contributed by atoms with Gasteiger partial charge in [-0.05, 0) is 56.5 Å². The summed E-state index contributed by atoms with van der Waals surface area (Å²) in [5.74, 6) is 0.0876. The van der Waals surface area contributed by atoms with Gasteiger partial charge in [-0.3, -0.25) is 9.78 Å². The Morgan fingerprint density at radius 2 is 2.07 bits per heavy atom. The van der Waals surface area contributed by atoms with E-state index in [0.29, 0.717) is 18.7 Å². The molecule has 1 aliphatic rings. The van der Waals surface area contributed by atoms with Crippen molar-refractivity contribution in [3.8, 4) is 0 Å². The largest absolute Gasteiger partial charge is 0.366 e. The van der Waals surface area contributed by atoms with Crippen molar-refractivity contribution in [3.63, 3.8) is 0 Å². The number of pyridine rings is 1. The maximum atomic E-state index is 12.8. The van der Waals surface area contributed by atoms with E-state index in [9.17, 15) is 4.79 Å². The molecule has 0 bridgehead atoms. The third kappa shape index (κ3) is 4.01. The predicted octanol–water partition coefficient (Wildman–Crippen LogP) is 4.23. The van der Waals surface area contributed by atoms with E-state index < -0.39 is 0 Å². The fourth-order valence-electron chi connectivity index (χ4n) is 3.32. The number of hydrogen-bond donors (Lipinski definition) is 0. The summed E-state index contributed by atoms with van der Waals surface area (Å²) in [7, 11) is 0. The summed E-state index contributed by atoms with van der Waals surface area (Å²) in [5, 5.41) is 2.90. The minimum absolute atomic E-state index is 0.0876. The van der Waals surface area contributed by atoms with Crippen LogP contribution in [-0.4, -0.2) is 26.4 Å². The molecular weight excluding hydrogens is 358 g/mol. The zero-order valence-electron chi connectivity index (χ0n) is 15.6. The number of thiazole rings is 1. The summed E-state index contributed by atoms with van der Waals surface area (Å²) in [6.07, 6.45) is 8.00. The number of ether oxygens (including phenoxy) is 1. The number of carbonyl (C=O) groups excluding carboxylic acids is 1. The minimum Gasteiger partial charge on any atom is -0.366 e. The Morgan fingerprint density at radius 3 is 2.78 bits per heavy atom. The standard InChI is InChI=1S/C21H23N3O2S/c1-15(2)26-21(7-8-21)19-14-27-20(23-19)12-18(25)17-4-3-11-24(17)13-16-5-9-22-10-6-16/h3-6,9-11,14-15H,7-8,12-13H2,1-2H3. The lowest BCUT2D eigenvalue weighted by Crippen LogP contribution is -2.18. The second-order valence-corrected chi connectivity index (χ2v) is 8.21. The molecule has 27 heavy (non-hydrogen) atoms. The van der Waals surface area contributed by atoms with Crippen molar-refractivity contribution in [2.75, 3.05) is 0 Å². The Kier molecular flexibility index (Phi) is 4.93. The molecule has 0 N–H and O–H groups in total. The van der Waals surface area contributed by atoms with Crippen molar-refractivity contribution in [2.24, 2.45) is 0 Å². The molecule has 0 saturated heterocycles. The molecule has 0 atom stereocenters. The zero-order valence-corrected chi connectivity index (χ0v) is 16.4. The number of carbonyl (C=O) groups is 1. The number of nitrogens with zero attached hydrogens (tertiary/aromatic N) is 3. The number of aromatic nitrogens is 3. The van der Waals surface area contributed by atoms with E-state index in [1.807, 2.05) is 54.3 Å². The quantitative estimate of drug-likeness (QED) is 0.548. The molecule has 1 fully saturated rings. The minimum atomic E-state index is -0.215. The summed E-state index contributed by atoms with van der Waals surface area (Å²) in [4.78, 5) is 21.6. The lowest BCUT2D eigenvalue weighted by molar-refractivity contribution is -0.0166. The van der Waals surface area contributed by atoms with Gasteiger partial charge in [0, 0.05) is 30.5 Å². The first-order valence-electron chi connectivity index (χ1n) is 9.26. The Hall–Kier alpha value is -2.31. The van der Waals surface area contributed by atoms with Gasteiger partial charge < -0.3 is 9.30 Å². The highest BCUT2D eigenvalue weighted by Gasteiger charge is 2.48. The van der Waals surface area contributed by atoms with Crippen molar-refractivity contribution < 1.29 is 9.53 Å². The van der Waals surface area contributed by atoms with Crippen molar-refractivity contribution in [2.45, 2.75) is 51.4 Å². The summed E-state index contributed by atoms with van der Waals surface area (Å²) < 4.78 is 8.04. The molecule has 0 unspecified atom stereocenters. The summed E-state index contributed by atoms with van der Waals surface area (Å²) in [6, 6.07) is 7.72. The van der Waals surface area contributed by atoms with Crippen LogP contribution in [0.3, 0.4) is 0 Å². The van der Waals surface area contributed by atoms with Gasteiger partial charge >= 0.3 is 0 Å². The van der Waals surface area contributed by atoms with Crippen LogP contribution in [0.4, 0.5) is 0 Å². The first kappa shape index (κ1) is 18.1. The Balaban J connectivity index is 1.46. The number of Topliss-reactive ketones (excluding diaryl/α,β-unsaturated/α-hetero) is 1. The number of ketones is 1. The van der Waals surface area contributed by atoms with E-state index in [-0.39, 0.29) is 17.5 Å². The van der Waals surface area contributed by atoms with E-state index in [2.05, 4.69) is 4.98 Å². The Morgan fingerprint density at radius 1 is 1.30 bits per heavy atom. The number of rotatable bonds is 8. The normalized spacial score (nSPS) is 15.2. The first-order chi connectivity index (χ1) is 13.1. The molecule has 0 spiro atoms. The van der Waals surface area contributed by atoms with Gasteiger partial charge in [-0.15, -0.1) is 11.3 Å². The summed E-state index contributed by atoms with van der Waals surface area (Å²) in [6.45, 7) is 4.76. The number of hydrogen-bond acceptors (Lipinski definition) is 5. The van der Waals surface area contributed by atoms with E-state index in [0.717, 1.165) is 29.1 Å². The Bertz CT molecular complexity index is 926. The van der Waals surface area contributed by atoms with Crippen LogP contribution in [0, 0.1) is 0 Å². The molecule has 140 valence electrons. The highest BCUT2D eigenvalue weighted by molar-refractivity contribution is 7.09. The lowest BCUT2D eigenvalue weighted by atomic mass is 10.2. The third-order valence-electron chi connectivity index (χ3n) is 4.71. The van der Waals surface area contributed by atoms with Crippen molar-refractivity contribution in [1.82, 2.24) is 14.5 Å². The van der Waals surface area contributed by atoms with Gasteiger partial charge in [-0.2, -0.15) is 0 Å². The van der Waals surface area contributed by atoms with E-state index >= 15 is 0 Å². The molecule has 3 aromatic rings. The second-order valence-electron chi connectivity index (χ2n) is 7.26.